The number of aryl methyl sites for hydroxylation is 1. The second kappa shape index (κ2) is 4.24. The SMILES string of the molecule is CC1=C2CN(S(=O)(=O)c3ccc(C)cc3)C[C@@]23CC[C@@]1(C)C3. The highest BCUT2D eigenvalue weighted by Gasteiger charge is 2.60. The standard InChI is InChI=1S/C18H23NO2S/c1-13-4-6-15(7-5-13)22(20,21)19-10-16-14(2)17(3)8-9-18(16,11-17)12-19/h4-7H,8-12H2,1-3H3/t17-,18-/m0/s1. The molecule has 22 heavy (non-hydrogen) atoms. The molecule has 0 radical (unpaired) electrons. The molecule has 0 unspecified atom stereocenters. The Balaban J connectivity index is 1.71. The lowest BCUT2D eigenvalue weighted by Gasteiger charge is -2.25. The van der Waals surface area contributed by atoms with Crippen molar-refractivity contribution in [1.82, 2.24) is 4.31 Å². The summed E-state index contributed by atoms with van der Waals surface area (Å²) in [5.74, 6) is 0. The Morgan fingerprint density at radius 3 is 2.41 bits per heavy atom. The van der Waals surface area contributed by atoms with Crippen molar-refractivity contribution in [2.45, 2.75) is 44.9 Å². The zero-order chi connectivity index (χ0) is 15.8. The van der Waals surface area contributed by atoms with Gasteiger partial charge in [0.2, 0.25) is 10.0 Å². The number of sulfonamides is 1. The van der Waals surface area contributed by atoms with Crippen LogP contribution in [0.4, 0.5) is 0 Å². The number of fused-ring (bicyclic) bond motifs is 1. The van der Waals surface area contributed by atoms with Crippen LogP contribution in [0, 0.1) is 17.8 Å². The molecule has 2 bridgehead atoms. The summed E-state index contributed by atoms with van der Waals surface area (Å²) >= 11 is 0. The van der Waals surface area contributed by atoms with Crippen molar-refractivity contribution in [2.24, 2.45) is 10.8 Å². The first-order valence-electron chi connectivity index (χ1n) is 8.05. The van der Waals surface area contributed by atoms with Crippen LogP contribution in [0.1, 0.15) is 38.7 Å². The van der Waals surface area contributed by atoms with Gasteiger partial charge in [-0.1, -0.05) is 30.2 Å². The molecule has 2 fully saturated rings. The third-order valence-corrected chi connectivity index (χ3v) is 8.16. The minimum Gasteiger partial charge on any atom is -0.207 e. The van der Waals surface area contributed by atoms with E-state index in [4.69, 9.17) is 0 Å². The Labute approximate surface area is 133 Å². The van der Waals surface area contributed by atoms with Gasteiger partial charge in [0.25, 0.3) is 0 Å². The lowest BCUT2D eigenvalue weighted by atomic mass is 9.80. The van der Waals surface area contributed by atoms with E-state index in [1.165, 1.54) is 17.6 Å². The topological polar surface area (TPSA) is 37.4 Å². The van der Waals surface area contributed by atoms with Gasteiger partial charge in [-0.25, -0.2) is 8.42 Å². The van der Waals surface area contributed by atoms with E-state index in [9.17, 15) is 8.42 Å². The summed E-state index contributed by atoms with van der Waals surface area (Å²) in [5, 5.41) is 0. The van der Waals surface area contributed by atoms with Crippen LogP contribution in [0.15, 0.2) is 40.3 Å². The molecule has 0 amide bonds. The van der Waals surface area contributed by atoms with Crippen molar-refractivity contribution in [3.8, 4) is 0 Å². The van der Waals surface area contributed by atoms with Gasteiger partial charge in [-0.3, -0.25) is 0 Å². The number of hydrogen-bond donors (Lipinski definition) is 0. The smallest absolute Gasteiger partial charge is 0.207 e. The molecule has 4 rings (SSSR count). The van der Waals surface area contributed by atoms with Crippen LogP contribution >= 0.6 is 0 Å². The molecule has 1 aromatic rings. The fourth-order valence-corrected chi connectivity index (χ4v) is 6.39. The summed E-state index contributed by atoms with van der Waals surface area (Å²) in [6.45, 7) is 7.81. The van der Waals surface area contributed by atoms with Crippen molar-refractivity contribution in [1.29, 1.82) is 0 Å². The maximum Gasteiger partial charge on any atom is 0.243 e. The largest absolute Gasteiger partial charge is 0.243 e. The monoisotopic (exact) mass is 317 g/mol. The summed E-state index contributed by atoms with van der Waals surface area (Å²) in [6.07, 6.45) is 3.50. The quantitative estimate of drug-likeness (QED) is 0.783. The Morgan fingerprint density at radius 2 is 1.77 bits per heavy atom. The average molecular weight is 317 g/mol. The lowest BCUT2D eigenvalue weighted by molar-refractivity contribution is 0.337. The fraction of sp³-hybridized carbons (Fsp3) is 0.556. The number of benzene rings is 1. The van der Waals surface area contributed by atoms with Crippen molar-refractivity contribution in [3.63, 3.8) is 0 Å². The molecule has 1 aliphatic heterocycles. The van der Waals surface area contributed by atoms with Crippen molar-refractivity contribution in [3.05, 3.63) is 41.0 Å². The van der Waals surface area contributed by atoms with Crippen LogP contribution in [-0.4, -0.2) is 25.8 Å². The normalized spacial score (nSPS) is 34.5. The van der Waals surface area contributed by atoms with Gasteiger partial charge in [-0.2, -0.15) is 4.31 Å². The Hall–Kier alpha value is -1.13. The van der Waals surface area contributed by atoms with Crippen molar-refractivity contribution >= 4 is 10.0 Å². The first-order valence-corrected chi connectivity index (χ1v) is 9.49. The molecule has 2 aliphatic carbocycles. The molecular weight excluding hydrogens is 294 g/mol. The van der Waals surface area contributed by atoms with Crippen LogP contribution in [0.2, 0.25) is 0 Å². The van der Waals surface area contributed by atoms with Gasteiger partial charge in [0.15, 0.2) is 0 Å². The van der Waals surface area contributed by atoms with Crippen LogP contribution < -0.4 is 0 Å². The third-order valence-electron chi connectivity index (χ3n) is 6.35. The van der Waals surface area contributed by atoms with Crippen LogP contribution in [0.5, 0.6) is 0 Å². The molecule has 118 valence electrons. The summed E-state index contributed by atoms with van der Waals surface area (Å²) in [4.78, 5) is 0.425. The maximum absolute atomic E-state index is 12.9. The molecule has 0 aromatic heterocycles. The predicted molar refractivity (Wildman–Crippen MR) is 87.0 cm³/mol. The summed E-state index contributed by atoms with van der Waals surface area (Å²) in [5.41, 5.74) is 4.42. The fourth-order valence-electron chi connectivity index (χ4n) is 4.89. The molecule has 3 aliphatic rings. The number of rotatable bonds is 2. The molecule has 1 heterocycles. The van der Waals surface area contributed by atoms with Gasteiger partial charge >= 0.3 is 0 Å². The zero-order valence-electron chi connectivity index (χ0n) is 13.5. The molecule has 4 heteroatoms. The number of hydrogen-bond acceptors (Lipinski definition) is 2. The second-order valence-corrected chi connectivity index (χ2v) is 9.65. The highest BCUT2D eigenvalue weighted by molar-refractivity contribution is 7.89. The van der Waals surface area contributed by atoms with E-state index in [1.54, 1.807) is 16.4 Å². The number of allylic oxidation sites excluding steroid dienone is 1. The van der Waals surface area contributed by atoms with Gasteiger partial charge in [0.1, 0.15) is 0 Å². The van der Waals surface area contributed by atoms with E-state index >= 15 is 0 Å². The first kappa shape index (κ1) is 14.5. The van der Waals surface area contributed by atoms with E-state index in [2.05, 4.69) is 13.8 Å². The van der Waals surface area contributed by atoms with Crippen LogP contribution in [-0.2, 0) is 10.0 Å². The Kier molecular flexibility index (Phi) is 2.78. The van der Waals surface area contributed by atoms with E-state index in [-0.39, 0.29) is 5.41 Å². The minimum absolute atomic E-state index is 0.136. The molecule has 1 aromatic carbocycles. The molecule has 1 spiro atoms. The van der Waals surface area contributed by atoms with Gasteiger partial charge in [-0.15, -0.1) is 0 Å². The predicted octanol–water partition coefficient (Wildman–Crippen LogP) is 3.51. The highest BCUT2D eigenvalue weighted by Crippen LogP contribution is 2.66. The molecule has 0 N–H and O–H groups in total. The highest BCUT2D eigenvalue weighted by atomic mass is 32.2. The van der Waals surface area contributed by atoms with Gasteiger partial charge in [-0.05, 0) is 56.2 Å². The zero-order valence-corrected chi connectivity index (χ0v) is 14.3. The van der Waals surface area contributed by atoms with Gasteiger partial charge < -0.3 is 0 Å². The summed E-state index contributed by atoms with van der Waals surface area (Å²) < 4.78 is 27.6. The first-order chi connectivity index (χ1) is 10.3. The second-order valence-electron chi connectivity index (χ2n) is 7.71. The van der Waals surface area contributed by atoms with Crippen LogP contribution in [0.25, 0.3) is 0 Å². The Morgan fingerprint density at radius 1 is 1.09 bits per heavy atom. The molecular formula is C18H23NO2S. The lowest BCUT2D eigenvalue weighted by Crippen LogP contribution is -2.31. The van der Waals surface area contributed by atoms with Gasteiger partial charge in [0, 0.05) is 18.5 Å². The van der Waals surface area contributed by atoms with Gasteiger partial charge in [0.05, 0.1) is 4.90 Å². The Bertz CT molecular complexity index is 778. The summed E-state index contributed by atoms with van der Waals surface area (Å²) in [6, 6.07) is 7.21. The van der Waals surface area contributed by atoms with E-state index in [1.807, 2.05) is 19.1 Å². The molecule has 2 atom stereocenters. The van der Waals surface area contributed by atoms with E-state index in [0.717, 1.165) is 18.4 Å². The van der Waals surface area contributed by atoms with Crippen molar-refractivity contribution in [2.75, 3.05) is 13.1 Å². The molecule has 1 saturated heterocycles. The molecule has 1 saturated carbocycles. The van der Waals surface area contributed by atoms with E-state index in [0.29, 0.717) is 23.4 Å². The minimum atomic E-state index is -3.37. The summed E-state index contributed by atoms with van der Waals surface area (Å²) in [7, 11) is -3.37. The number of nitrogens with zero attached hydrogens (tertiary/aromatic N) is 1. The van der Waals surface area contributed by atoms with E-state index < -0.39 is 10.0 Å². The average Bonchev–Trinajstić information content (AvgIpc) is 3.06. The third kappa shape index (κ3) is 1.74. The van der Waals surface area contributed by atoms with Crippen molar-refractivity contribution < 1.29 is 8.42 Å². The van der Waals surface area contributed by atoms with Crippen LogP contribution in [0.3, 0.4) is 0 Å². The maximum atomic E-state index is 12.9. The molecule has 3 nitrogen and oxygen atoms in total.